The molecule has 0 radical (unpaired) electrons. The average Bonchev–Trinajstić information content (AvgIpc) is 3.42. The summed E-state index contributed by atoms with van der Waals surface area (Å²) in [6, 6.07) is 23.2. The predicted octanol–water partition coefficient (Wildman–Crippen LogP) is 4.13. The van der Waals surface area contributed by atoms with Crippen LogP contribution in [0.25, 0.3) is 0 Å². The molecule has 2 amide bonds. The molecule has 0 saturated carbocycles. The molecule has 1 fully saturated rings. The molecule has 0 spiro atoms. The van der Waals surface area contributed by atoms with E-state index in [1.165, 1.54) is 24.3 Å². The van der Waals surface area contributed by atoms with Crippen molar-refractivity contribution in [2.45, 2.75) is 31.7 Å². The van der Waals surface area contributed by atoms with Gasteiger partial charge >= 0.3 is 0 Å². The van der Waals surface area contributed by atoms with Crippen molar-refractivity contribution in [2.75, 3.05) is 6.54 Å². The highest BCUT2D eigenvalue weighted by atomic mass is 19.1. The summed E-state index contributed by atoms with van der Waals surface area (Å²) in [4.78, 5) is 36.3. The van der Waals surface area contributed by atoms with Crippen molar-refractivity contribution in [3.8, 4) is 11.6 Å². The second-order valence-corrected chi connectivity index (χ2v) is 9.41. The van der Waals surface area contributed by atoms with Gasteiger partial charge in [-0.25, -0.2) is 9.37 Å². The lowest BCUT2D eigenvalue weighted by molar-refractivity contribution is 0.0437. The number of nitrogens with one attached hydrogen (secondary N) is 1. The first-order chi connectivity index (χ1) is 19.4. The number of rotatable bonds is 8. The third-order valence-corrected chi connectivity index (χ3v) is 6.64. The van der Waals surface area contributed by atoms with Gasteiger partial charge in [-0.05, 0) is 35.4 Å². The van der Waals surface area contributed by atoms with Crippen LogP contribution >= 0.6 is 0 Å². The Labute approximate surface area is 229 Å². The topological polar surface area (TPSA) is 125 Å². The minimum atomic E-state index is -0.781. The van der Waals surface area contributed by atoms with E-state index in [9.17, 15) is 24.2 Å². The normalized spacial score (nSPS) is 16.6. The Balaban J connectivity index is 1.40. The summed E-state index contributed by atoms with van der Waals surface area (Å²) in [5.74, 6) is -3.02. The fourth-order valence-corrected chi connectivity index (χ4v) is 4.56. The van der Waals surface area contributed by atoms with E-state index < -0.39 is 35.1 Å². The molecule has 2 heterocycles. The van der Waals surface area contributed by atoms with Crippen LogP contribution in [0.5, 0.6) is 11.6 Å². The molecule has 1 aliphatic heterocycles. The van der Waals surface area contributed by atoms with E-state index >= 15 is 0 Å². The summed E-state index contributed by atoms with van der Waals surface area (Å²) in [5, 5.41) is 23.4. The Kier molecular flexibility index (Phi) is 7.97. The minimum Gasteiger partial charge on any atom is -0.501 e. The van der Waals surface area contributed by atoms with Crippen molar-refractivity contribution in [3.63, 3.8) is 0 Å². The van der Waals surface area contributed by atoms with Crippen molar-refractivity contribution in [2.24, 2.45) is 0 Å². The fourth-order valence-electron chi connectivity index (χ4n) is 4.56. The molecule has 1 saturated heterocycles. The number of aromatic nitrogens is 2. The van der Waals surface area contributed by atoms with Crippen molar-refractivity contribution in [1.29, 1.82) is 0 Å². The molecule has 2 atom stereocenters. The third-order valence-electron chi connectivity index (χ3n) is 6.64. The second-order valence-electron chi connectivity index (χ2n) is 9.41. The molecule has 1 aromatic heterocycles. The van der Waals surface area contributed by atoms with E-state index in [4.69, 9.17) is 4.74 Å². The van der Waals surface area contributed by atoms with Crippen LogP contribution in [0.1, 0.15) is 50.3 Å². The molecule has 40 heavy (non-hydrogen) atoms. The standard InChI is InChI=1S/C30H27FN4O5/c31-22-13-11-19(12-14-22)16-32-28(37)25-26(36)29(38)34-27(33-25)24-15-23(40-18-20-7-3-1-4-8-20)17-35(24)30(39)21-9-5-2-6-10-21/h1-14,23-24,36H,15-18H2,(H,32,37)(H,33,34,38)/t23-,24+/m1/s1. The van der Waals surface area contributed by atoms with Gasteiger partial charge in [0.1, 0.15) is 5.82 Å². The number of likely N-dealkylation sites (tertiary alicyclic amines) is 1. The van der Waals surface area contributed by atoms with Crippen LogP contribution in [0.4, 0.5) is 4.39 Å². The first-order valence-electron chi connectivity index (χ1n) is 12.7. The van der Waals surface area contributed by atoms with Crippen molar-refractivity contribution in [3.05, 3.63) is 119 Å². The maximum absolute atomic E-state index is 13.5. The van der Waals surface area contributed by atoms with Gasteiger partial charge in [0.05, 0.1) is 18.8 Å². The largest absolute Gasteiger partial charge is 0.501 e. The molecule has 3 aromatic carbocycles. The number of benzene rings is 3. The molecule has 0 unspecified atom stereocenters. The summed E-state index contributed by atoms with van der Waals surface area (Å²) in [5.41, 5.74) is 1.62. The second kappa shape index (κ2) is 11.9. The lowest BCUT2D eigenvalue weighted by Gasteiger charge is -2.24. The maximum Gasteiger partial charge on any atom is 0.274 e. The number of aromatic hydroxyl groups is 2. The molecule has 4 aromatic rings. The zero-order valence-electron chi connectivity index (χ0n) is 21.4. The maximum atomic E-state index is 13.5. The molecule has 0 bridgehead atoms. The number of hydrogen-bond donors (Lipinski definition) is 3. The van der Waals surface area contributed by atoms with Gasteiger partial charge in [-0.2, -0.15) is 4.98 Å². The van der Waals surface area contributed by atoms with Crippen LogP contribution in [-0.4, -0.2) is 49.5 Å². The average molecular weight is 543 g/mol. The van der Waals surface area contributed by atoms with Crippen molar-refractivity contribution in [1.82, 2.24) is 20.2 Å². The molecule has 1 aliphatic rings. The number of carbonyl (C=O) groups is 2. The highest BCUT2D eigenvalue weighted by molar-refractivity contribution is 5.96. The van der Waals surface area contributed by atoms with Gasteiger partial charge in [0.25, 0.3) is 17.7 Å². The fraction of sp³-hybridized carbons (Fsp3) is 0.200. The van der Waals surface area contributed by atoms with Crippen LogP contribution in [-0.2, 0) is 17.9 Å². The Morgan fingerprint density at radius 1 is 0.925 bits per heavy atom. The molecule has 0 aliphatic carbocycles. The van der Waals surface area contributed by atoms with Crippen molar-refractivity contribution < 1.29 is 28.9 Å². The first kappa shape index (κ1) is 26.8. The van der Waals surface area contributed by atoms with Crippen molar-refractivity contribution >= 4 is 11.8 Å². The molecule has 5 rings (SSSR count). The number of nitrogens with zero attached hydrogens (tertiary/aromatic N) is 3. The molecule has 10 heteroatoms. The van der Waals surface area contributed by atoms with Gasteiger partial charge in [0.15, 0.2) is 11.5 Å². The van der Waals surface area contributed by atoms with Gasteiger partial charge < -0.3 is 25.2 Å². The highest BCUT2D eigenvalue weighted by Crippen LogP contribution is 2.36. The van der Waals surface area contributed by atoms with Crippen LogP contribution in [0.15, 0.2) is 84.9 Å². The Hall–Kier alpha value is -4.83. The van der Waals surface area contributed by atoms with E-state index in [0.29, 0.717) is 24.2 Å². The van der Waals surface area contributed by atoms with Gasteiger partial charge in [0, 0.05) is 25.1 Å². The Morgan fingerprint density at radius 2 is 1.60 bits per heavy atom. The van der Waals surface area contributed by atoms with E-state index in [1.807, 2.05) is 36.4 Å². The minimum absolute atomic E-state index is 0.00248. The monoisotopic (exact) mass is 542 g/mol. The van der Waals surface area contributed by atoms with Gasteiger partial charge in [-0.15, -0.1) is 0 Å². The highest BCUT2D eigenvalue weighted by Gasteiger charge is 2.40. The first-order valence-corrected chi connectivity index (χ1v) is 12.7. The van der Waals surface area contributed by atoms with E-state index in [2.05, 4.69) is 15.3 Å². The lowest BCUT2D eigenvalue weighted by Crippen LogP contribution is -2.33. The lowest BCUT2D eigenvalue weighted by atomic mass is 10.1. The molecule has 3 N–H and O–H groups in total. The SMILES string of the molecule is O=C(NCc1ccc(F)cc1)c1nc([C@@H]2C[C@@H](OCc3ccccc3)CN2C(=O)c2ccccc2)nc(O)c1O. The molecular weight excluding hydrogens is 515 g/mol. The van der Waals surface area contributed by atoms with Gasteiger partial charge in [-0.3, -0.25) is 9.59 Å². The Morgan fingerprint density at radius 3 is 2.30 bits per heavy atom. The summed E-state index contributed by atoms with van der Waals surface area (Å²) in [7, 11) is 0. The third kappa shape index (κ3) is 6.08. The van der Waals surface area contributed by atoms with Crippen LogP contribution in [0, 0.1) is 5.82 Å². The Bertz CT molecular complexity index is 1490. The van der Waals surface area contributed by atoms with E-state index in [-0.39, 0.29) is 30.9 Å². The molecular formula is C30H27FN4O5. The number of carbonyl (C=O) groups excluding carboxylic acids is 2. The van der Waals surface area contributed by atoms with Gasteiger partial charge in [-0.1, -0.05) is 60.7 Å². The number of hydrogen-bond acceptors (Lipinski definition) is 7. The quantitative estimate of drug-likeness (QED) is 0.306. The predicted molar refractivity (Wildman–Crippen MR) is 143 cm³/mol. The smallest absolute Gasteiger partial charge is 0.274 e. The zero-order chi connectivity index (χ0) is 28.1. The summed E-state index contributed by atoms with van der Waals surface area (Å²) < 4.78 is 19.3. The van der Waals surface area contributed by atoms with Gasteiger partial charge in [0.2, 0.25) is 5.75 Å². The zero-order valence-corrected chi connectivity index (χ0v) is 21.4. The van der Waals surface area contributed by atoms with E-state index in [1.54, 1.807) is 29.2 Å². The summed E-state index contributed by atoms with van der Waals surface area (Å²) >= 11 is 0. The van der Waals surface area contributed by atoms with Crippen LogP contribution < -0.4 is 5.32 Å². The van der Waals surface area contributed by atoms with Crippen LogP contribution in [0.3, 0.4) is 0 Å². The summed E-state index contributed by atoms with van der Waals surface area (Å²) in [6.45, 7) is 0.614. The summed E-state index contributed by atoms with van der Waals surface area (Å²) in [6.07, 6.45) is -0.0557. The molecule has 204 valence electrons. The number of amides is 2. The number of ether oxygens (including phenoxy) is 1. The number of halogens is 1. The van der Waals surface area contributed by atoms with Crippen LogP contribution in [0.2, 0.25) is 0 Å². The molecule has 9 nitrogen and oxygen atoms in total. The van der Waals surface area contributed by atoms with E-state index in [0.717, 1.165) is 5.56 Å².